The molecule has 4 N–H and O–H groups in total. The van der Waals surface area contributed by atoms with Gasteiger partial charge in [0.05, 0.1) is 5.56 Å². The van der Waals surface area contributed by atoms with E-state index in [9.17, 15) is 4.79 Å². The van der Waals surface area contributed by atoms with E-state index < -0.39 is 5.54 Å². The van der Waals surface area contributed by atoms with Crippen LogP contribution in [-0.2, 0) is 0 Å². The molecule has 0 bridgehead atoms. The SMILES string of the molecule is Cc1[nH]c2c(C)cccc2c1C(=O)NCC(C)(C)N. The van der Waals surface area contributed by atoms with E-state index in [-0.39, 0.29) is 5.91 Å². The molecule has 4 heteroatoms. The molecule has 0 aliphatic heterocycles. The first-order valence-electron chi connectivity index (χ1n) is 6.44. The van der Waals surface area contributed by atoms with E-state index in [4.69, 9.17) is 5.73 Å². The third-order valence-corrected chi connectivity index (χ3v) is 3.16. The van der Waals surface area contributed by atoms with E-state index in [1.807, 2.05) is 45.9 Å². The molecule has 1 aromatic carbocycles. The van der Waals surface area contributed by atoms with Gasteiger partial charge in [-0.2, -0.15) is 0 Å². The van der Waals surface area contributed by atoms with E-state index in [1.165, 1.54) is 0 Å². The maximum atomic E-state index is 12.3. The fourth-order valence-electron chi connectivity index (χ4n) is 2.18. The average Bonchev–Trinajstić information content (AvgIpc) is 2.63. The second kappa shape index (κ2) is 4.70. The molecule has 0 atom stereocenters. The Hall–Kier alpha value is -1.81. The van der Waals surface area contributed by atoms with Crippen LogP contribution in [-0.4, -0.2) is 23.0 Å². The second-order valence-electron chi connectivity index (χ2n) is 5.79. The summed E-state index contributed by atoms with van der Waals surface area (Å²) in [5.74, 6) is -0.0760. The van der Waals surface area contributed by atoms with Gasteiger partial charge in [0, 0.05) is 28.7 Å². The maximum absolute atomic E-state index is 12.3. The van der Waals surface area contributed by atoms with Crippen molar-refractivity contribution in [3.63, 3.8) is 0 Å². The van der Waals surface area contributed by atoms with Crippen molar-refractivity contribution in [3.8, 4) is 0 Å². The van der Waals surface area contributed by atoms with Crippen LogP contribution in [0.5, 0.6) is 0 Å². The normalized spacial score (nSPS) is 11.8. The molecular formula is C15H21N3O. The monoisotopic (exact) mass is 259 g/mol. The third kappa shape index (κ3) is 2.79. The number of H-pyrrole nitrogens is 1. The Kier molecular flexibility index (Phi) is 3.37. The standard InChI is InChI=1S/C15H21N3O/c1-9-6-5-7-11-12(10(2)18-13(9)11)14(19)17-8-15(3,4)16/h5-7,18H,8,16H2,1-4H3,(H,17,19). The van der Waals surface area contributed by atoms with Crippen LogP contribution in [0.1, 0.15) is 35.5 Å². The highest BCUT2D eigenvalue weighted by Gasteiger charge is 2.19. The Morgan fingerprint density at radius 1 is 1.37 bits per heavy atom. The predicted octanol–water partition coefficient (Wildman–Crippen LogP) is 2.25. The Labute approximate surface area is 113 Å². The summed E-state index contributed by atoms with van der Waals surface area (Å²) in [6.07, 6.45) is 0. The highest BCUT2D eigenvalue weighted by atomic mass is 16.1. The largest absolute Gasteiger partial charge is 0.358 e. The van der Waals surface area contributed by atoms with Gasteiger partial charge in [-0.25, -0.2) is 0 Å². The van der Waals surface area contributed by atoms with Crippen molar-refractivity contribution >= 4 is 16.8 Å². The number of nitrogens with two attached hydrogens (primary N) is 1. The second-order valence-corrected chi connectivity index (χ2v) is 5.79. The zero-order valence-corrected chi connectivity index (χ0v) is 11.9. The van der Waals surface area contributed by atoms with Crippen LogP contribution in [0.3, 0.4) is 0 Å². The summed E-state index contributed by atoms with van der Waals surface area (Å²) in [7, 11) is 0. The van der Waals surface area contributed by atoms with Crippen molar-refractivity contribution in [2.45, 2.75) is 33.2 Å². The fraction of sp³-hybridized carbons (Fsp3) is 0.400. The number of nitrogens with one attached hydrogen (secondary N) is 2. The number of benzene rings is 1. The van der Waals surface area contributed by atoms with Gasteiger partial charge in [-0.1, -0.05) is 18.2 Å². The molecule has 0 fully saturated rings. The molecule has 0 unspecified atom stereocenters. The van der Waals surface area contributed by atoms with Gasteiger partial charge in [0.15, 0.2) is 0 Å². The molecular weight excluding hydrogens is 238 g/mol. The number of hydrogen-bond acceptors (Lipinski definition) is 2. The number of amides is 1. The van der Waals surface area contributed by atoms with E-state index in [2.05, 4.69) is 10.3 Å². The average molecular weight is 259 g/mol. The van der Waals surface area contributed by atoms with Gasteiger partial charge in [-0.15, -0.1) is 0 Å². The van der Waals surface area contributed by atoms with E-state index in [0.29, 0.717) is 12.1 Å². The van der Waals surface area contributed by atoms with Crippen molar-refractivity contribution in [1.29, 1.82) is 0 Å². The van der Waals surface area contributed by atoms with E-state index in [0.717, 1.165) is 22.2 Å². The zero-order valence-electron chi connectivity index (χ0n) is 11.9. The lowest BCUT2D eigenvalue weighted by atomic mass is 10.1. The minimum atomic E-state index is -0.411. The fourth-order valence-corrected chi connectivity index (χ4v) is 2.18. The van der Waals surface area contributed by atoms with Gasteiger partial charge in [0.1, 0.15) is 0 Å². The lowest BCUT2D eigenvalue weighted by Gasteiger charge is -2.18. The predicted molar refractivity (Wildman–Crippen MR) is 78.4 cm³/mol. The van der Waals surface area contributed by atoms with Crippen LogP contribution in [0.4, 0.5) is 0 Å². The molecule has 0 spiro atoms. The van der Waals surface area contributed by atoms with Gasteiger partial charge < -0.3 is 16.0 Å². The summed E-state index contributed by atoms with van der Waals surface area (Å²) < 4.78 is 0. The van der Waals surface area contributed by atoms with Crippen LogP contribution >= 0.6 is 0 Å². The van der Waals surface area contributed by atoms with Gasteiger partial charge in [0.25, 0.3) is 5.91 Å². The summed E-state index contributed by atoms with van der Waals surface area (Å²) in [5.41, 5.74) is 9.24. The minimum Gasteiger partial charge on any atom is -0.358 e. The molecule has 2 aromatic rings. The number of carbonyl (C=O) groups excluding carboxylic acids is 1. The number of para-hydroxylation sites is 1. The van der Waals surface area contributed by atoms with Crippen LogP contribution in [0.2, 0.25) is 0 Å². The van der Waals surface area contributed by atoms with Gasteiger partial charge in [-0.05, 0) is 33.3 Å². The Morgan fingerprint density at radius 2 is 2.05 bits per heavy atom. The molecule has 0 radical (unpaired) electrons. The molecule has 102 valence electrons. The number of rotatable bonds is 3. The molecule has 2 rings (SSSR count). The Bertz CT molecular complexity index is 620. The highest BCUT2D eigenvalue weighted by molar-refractivity contribution is 6.08. The number of aromatic amines is 1. The molecule has 0 aliphatic carbocycles. The number of aryl methyl sites for hydroxylation is 2. The number of fused-ring (bicyclic) bond motifs is 1. The highest BCUT2D eigenvalue weighted by Crippen LogP contribution is 2.24. The van der Waals surface area contributed by atoms with Crippen molar-refractivity contribution in [2.24, 2.45) is 5.73 Å². The minimum absolute atomic E-state index is 0.0760. The molecule has 0 aliphatic rings. The van der Waals surface area contributed by atoms with E-state index >= 15 is 0 Å². The van der Waals surface area contributed by atoms with Crippen molar-refractivity contribution in [3.05, 3.63) is 35.0 Å². The van der Waals surface area contributed by atoms with Crippen LogP contribution in [0.15, 0.2) is 18.2 Å². The van der Waals surface area contributed by atoms with Gasteiger partial charge in [0.2, 0.25) is 0 Å². The molecule has 1 aromatic heterocycles. The van der Waals surface area contributed by atoms with Crippen LogP contribution in [0.25, 0.3) is 10.9 Å². The smallest absolute Gasteiger partial charge is 0.253 e. The van der Waals surface area contributed by atoms with Crippen molar-refractivity contribution < 1.29 is 4.79 Å². The summed E-state index contributed by atoms with van der Waals surface area (Å²) in [6, 6.07) is 5.96. The Balaban J connectivity index is 2.37. The third-order valence-electron chi connectivity index (χ3n) is 3.16. The van der Waals surface area contributed by atoms with Crippen LogP contribution < -0.4 is 11.1 Å². The topological polar surface area (TPSA) is 70.9 Å². The molecule has 0 saturated heterocycles. The molecule has 1 heterocycles. The summed E-state index contributed by atoms with van der Waals surface area (Å²) >= 11 is 0. The molecule has 0 saturated carbocycles. The van der Waals surface area contributed by atoms with Crippen molar-refractivity contribution in [1.82, 2.24) is 10.3 Å². The van der Waals surface area contributed by atoms with Gasteiger partial charge in [-0.3, -0.25) is 4.79 Å². The molecule has 19 heavy (non-hydrogen) atoms. The lowest BCUT2D eigenvalue weighted by molar-refractivity contribution is 0.0947. The zero-order chi connectivity index (χ0) is 14.2. The quantitative estimate of drug-likeness (QED) is 0.791. The Morgan fingerprint density at radius 3 is 2.68 bits per heavy atom. The van der Waals surface area contributed by atoms with Gasteiger partial charge >= 0.3 is 0 Å². The lowest BCUT2D eigenvalue weighted by Crippen LogP contribution is -2.45. The number of hydrogen-bond donors (Lipinski definition) is 3. The first-order valence-corrected chi connectivity index (χ1v) is 6.44. The summed E-state index contributed by atoms with van der Waals surface area (Å²) in [5, 5.41) is 3.86. The molecule has 1 amide bonds. The first-order chi connectivity index (χ1) is 8.79. The van der Waals surface area contributed by atoms with E-state index in [1.54, 1.807) is 0 Å². The number of aromatic nitrogens is 1. The maximum Gasteiger partial charge on any atom is 0.253 e. The summed E-state index contributed by atoms with van der Waals surface area (Å²) in [6.45, 7) is 8.17. The molecule has 4 nitrogen and oxygen atoms in total. The summed E-state index contributed by atoms with van der Waals surface area (Å²) in [4.78, 5) is 15.6. The number of carbonyl (C=O) groups is 1. The first kappa shape index (κ1) is 13.6. The van der Waals surface area contributed by atoms with Crippen molar-refractivity contribution in [2.75, 3.05) is 6.54 Å². The van der Waals surface area contributed by atoms with Crippen LogP contribution in [0, 0.1) is 13.8 Å².